The van der Waals surface area contributed by atoms with Crippen LogP contribution in [-0.4, -0.2) is 35.5 Å². The van der Waals surface area contributed by atoms with E-state index in [1.54, 1.807) is 6.92 Å². The van der Waals surface area contributed by atoms with Gasteiger partial charge in [-0.2, -0.15) is 0 Å². The van der Waals surface area contributed by atoms with Crippen molar-refractivity contribution in [2.75, 3.05) is 19.6 Å². The highest BCUT2D eigenvalue weighted by atomic mass is 16.3. The lowest BCUT2D eigenvalue weighted by molar-refractivity contribution is 0.0954. The number of rotatable bonds is 6. The summed E-state index contributed by atoms with van der Waals surface area (Å²) in [4.78, 5) is 30.3. The molecular formula is C13H18N4O3. The van der Waals surface area contributed by atoms with E-state index in [0.717, 1.165) is 13.0 Å². The van der Waals surface area contributed by atoms with E-state index in [1.807, 2.05) is 0 Å². The lowest BCUT2D eigenvalue weighted by Gasteiger charge is -2.05. The smallest absolute Gasteiger partial charge is 0.262 e. The minimum absolute atomic E-state index is 0.181. The fraction of sp³-hybridized carbons (Fsp3) is 0.462. The molecule has 108 valence electrons. The third-order valence-electron chi connectivity index (χ3n) is 2.91. The fourth-order valence-corrected chi connectivity index (χ4v) is 1.98. The number of fused-ring (bicyclic) bond motifs is 1. The molecule has 2 aromatic rings. The van der Waals surface area contributed by atoms with E-state index in [2.05, 4.69) is 27.5 Å². The van der Waals surface area contributed by atoms with Crippen LogP contribution < -0.4 is 16.2 Å². The van der Waals surface area contributed by atoms with Crippen LogP contribution in [0.3, 0.4) is 0 Å². The molecule has 0 saturated heterocycles. The summed E-state index contributed by atoms with van der Waals surface area (Å²) in [7, 11) is 0. The van der Waals surface area contributed by atoms with E-state index in [1.165, 1.54) is 6.33 Å². The summed E-state index contributed by atoms with van der Waals surface area (Å²) in [6, 6.07) is 0. The van der Waals surface area contributed by atoms with E-state index < -0.39 is 0 Å². The number of carbonyl (C=O) groups is 1. The Labute approximate surface area is 115 Å². The predicted molar refractivity (Wildman–Crippen MR) is 74.9 cm³/mol. The number of carbonyl (C=O) groups excluding carboxylic acids is 1. The highest BCUT2D eigenvalue weighted by Gasteiger charge is 2.21. The highest BCUT2D eigenvalue weighted by molar-refractivity contribution is 6.06. The van der Waals surface area contributed by atoms with Gasteiger partial charge in [0.1, 0.15) is 11.1 Å². The lowest BCUT2D eigenvalue weighted by atomic mass is 10.2. The molecular weight excluding hydrogens is 260 g/mol. The molecule has 3 N–H and O–H groups in total. The van der Waals surface area contributed by atoms with Gasteiger partial charge in [0, 0.05) is 13.1 Å². The number of aromatic nitrogens is 2. The van der Waals surface area contributed by atoms with Gasteiger partial charge in [0.05, 0.1) is 11.9 Å². The van der Waals surface area contributed by atoms with Gasteiger partial charge in [-0.25, -0.2) is 4.98 Å². The number of nitrogens with zero attached hydrogens (tertiary/aromatic N) is 1. The van der Waals surface area contributed by atoms with Crippen LogP contribution in [0.25, 0.3) is 11.1 Å². The minimum atomic E-state index is -0.374. The second-order valence-electron chi connectivity index (χ2n) is 4.45. The molecule has 0 aromatic carbocycles. The van der Waals surface area contributed by atoms with Gasteiger partial charge in [-0.1, -0.05) is 6.92 Å². The number of aryl methyl sites for hydroxylation is 1. The Morgan fingerprint density at radius 1 is 1.40 bits per heavy atom. The monoisotopic (exact) mass is 278 g/mol. The number of nitrogens with one attached hydrogen (secondary N) is 3. The Morgan fingerprint density at radius 2 is 2.20 bits per heavy atom. The van der Waals surface area contributed by atoms with Crippen LogP contribution >= 0.6 is 0 Å². The average molecular weight is 278 g/mol. The molecule has 0 aliphatic carbocycles. The maximum atomic E-state index is 12.1. The fourth-order valence-electron chi connectivity index (χ4n) is 1.98. The van der Waals surface area contributed by atoms with Gasteiger partial charge in [-0.05, 0) is 19.9 Å². The van der Waals surface area contributed by atoms with Gasteiger partial charge in [-0.15, -0.1) is 0 Å². The number of aromatic amines is 1. The average Bonchev–Trinajstić information content (AvgIpc) is 2.76. The molecule has 0 spiro atoms. The molecule has 0 saturated carbocycles. The molecule has 0 bridgehead atoms. The highest BCUT2D eigenvalue weighted by Crippen LogP contribution is 2.19. The van der Waals surface area contributed by atoms with Crippen LogP contribution in [0, 0.1) is 6.92 Å². The minimum Gasteiger partial charge on any atom is -0.442 e. The molecule has 2 aromatic heterocycles. The zero-order valence-electron chi connectivity index (χ0n) is 11.6. The molecule has 0 aliphatic rings. The SMILES string of the molecule is CCCNCCNC(=O)c1c(C)oc2nc[nH]c(=O)c12. The van der Waals surface area contributed by atoms with Crippen molar-refractivity contribution in [2.45, 2.75) is 20.3 Å². The summed E-state index contributed by atoms with van der Waals surface area (Å²) in [5.74, 6) is 0.0706. The van der Waals surface area contributed by atoms with E-state index in [-0.39, 0.29) is 28.1 Å². The number of hydrogen-bond acceptors (Lipinski definition) is 5. The van der Waals surface area contributed by atoms with Gasteiger partial charge in [0.15, 0.2) is 0 Å². The van der Waals surface area contributed by atoms with Gasteiger partial charge in [0.2, 0.25) is 5.71 Å². The van der Waals surface area contributed by atoms with Crippen molar-refractivity contribution in [1.82, 2.24) is 20.6 Å². The third-order valence-corrected chi connectivity index (χ3v) is 2.91. The maximum absolute atomic E-state index is 12.1. The zero-order valence-corrected chi connectivity index (χ0v) is 11.6. The zero-order chi connectivity index (χ0) is 14.5. The van der Waals surface area contributed by atoms with Gasteiger partial charge in [0.25, 0.3) is 11.5 Å². The van der Waals surface area contributed by atoms with Crippen molar-refractivity contribution in [3.05, 3.63) is 28.0 Å². The number of H-pyrrole nitrogens is 1. The van der Waals surface area contributed by atoms with Crippen molar-refractivity contribution >= 4 is 17.0 Å². The van der Waals surface area contributed by atoms with Crippen molar-refractivity contribution in [1.29, 1.82) is 0 Å². The van der Waals surface area contributed by atoms with Crippen LogP contribution in [0.2, 0.25) is 0 Å². The summed E-state index contributed by atoms with van der Waals surface area (Å²) in [5.41, 5.74) is 0.0615. The Morgan fingerprint density at radius 3 is 2.95 bits per heavy atom. The number of amides is 1. The summed E-state index contributed by atoms with van der Waals surface area (Å²) >= 11 is 0. The summed E-state index contributed by atoms with van der Waals surface area (Å²) in [6.07, 6.45) is 2.30. The molecule has 2 heterocycles. The largest absolute Gasteiger partial charge is 0.442 e. The predicted octanol–water partition coefficient (Wildman–Crippen LogP) is 0.554. The molecule has 0 unspecified atom stereocenters. The molecule has 2 rings (SSSR count). The quantitative estimate of drug-likeness (QED) is 0.670. The van der Waals surface area contributed by atoms with E-state index in [0.29, 0.717) is 18.8 Å². The van der Waals surface area contributed by atoms with Crippen molar-refractivity contribution < 1.29 is 9.21 Å². The first kappa shape index (κ1) is 14.3. The molecule has 0 radical (unpaired) electrons. The van der Waals surface area contributed by atoms with Crippen molar-refractivity contribution in [3.63, 3.8) is 0 Å². The lowest BCUT2D eigenvalue weighted by Crippen LogP contribution is -2.32. The first-order valence-electron chi connectivity index (χ1n) is 6.60. The second kappa shape index (κ2) is 6.33. The molecule has 0 aliphatic heterocycles. The van der Waals surface area contributed by atoms with Gasteiger partial charge in [-0.3, -0.25) is 9.59 Å². The molecule has 20 heavy (non-hydrogen) atoms. The molecule has 7 heteroatoms. The summed E-state index contributed by atoms with van der Waals surface area (Å²) < 4.78 is 5.34. The molecule has 7 nitrogen and oxygen atoms in total. The van der Waals surface area contributed by atoms with E-state index in [9.17, 15) is 9.59 Å². The van der Waals surface area contributed by atoms with Crippen LogP contribution in [0.1, 0.15) is 29.5 Å². The van der Waals surface area contributed by atoms with Crippen LogP contribution in [-0.2, 0) is 0 Å². The molecule has 1 amide bonds. The maximum Gasteiger partial charge on any atom is 0.262 e. The normalized spacial score (nSPS) is 10.9. The first-order chi connectivity index (χ1) is 9.65. The van der Waals surface area contributed by atoms with Crippen LogP contribution in [0.5, 0.6) is 0 Å². The Balaban J connectivity index is 2.14. The van der Waals surface area contributed by atoms with Gasteiger partial charge >= 0.3 is 0 Å². The van der Waals surface area contributed by atoms with Gasteiger partial charge < -0.3 is 20.0 Å². The Hall–Kier alpha value is -2.15. The van der Waals surface area contributed by atoms with E-state index in [4.69, 9.17) is 4.42 Å². The number of hydrogen-bond donors (Lipinski definition) is 3. The standard InChI is InChI=1S/C13H18N4O3/c1-3-4-14-5-6-15-11(18)9-8(2)20-13-10(9)12(19)16-7-17-13/h7,14H,3-6H2,1-2H3,(H,15,18)(H,16,17,19). The Kier molecular flexibility index (Phi) is 4.52. The summed E-state index contributed by atoms with van der Waals surface area (Å²) in [6.45, 7) is 5.80. The first-order valence-corrected chi connectivity index (χ1v) is 6.60. The van der Waals surface area contributed by atoms with Crippen LogP contribution in [0.4, 0.5) is 0 Å². The number of furan rings is 1. The molecule has 0 atom stereocenters. The second-order valence-corrected chi connectivity index (χ2v) is 4.45. The van der Waals surface area contributed by atoms with E-state index >= 15 is 0 Å². The van der Waals surface area contributed by atoms with Crippen LogP contribution in [0.15, 0.2) is 15.5 Å². The van der Waals surface area contributed by atoms with Crippen molar-refractivity contribution in [2.24, 2.45) is 0 Å². The Bertz CT molecular complexity index is 659. The van der Waals surface area contributed by atoms with Crippen molar-refractivity contribution in [3.8, 4) is 0 Å². The topological polar surface area (TPSA) is 100 Å². The summed E-state index contributed by atoms with van der Waals surface area (Å²) in [5, 5.41) is 6.14. The molecule has 0 fully saturated rings. The third kappa shape index (κ3) is 2.88.